The number of piperazine rings is 1. The molecular formula is C51H68ClN9O7S. The van der Waals surface area contributed by atoms with Gasteiger partial charge in [0.15, 0.2) is 0 Å². The molecule has 4 heterocycles. The van der Waals surface area contributed by atoms with Crippen molar-refractivity contribution < 1.29 is 34.1 Å². The van der Waals surface area contributed by atoms with Gasteiger partial charge >= 0.3 is 0 Å². The van der Waals surface area contributed by atoms with Crippen LogP contribution in [0.5, 0.6) is 5.75 Å². The lowest BCUT2D eigenvalue weighted by atomic mass is 9.85. The summed E-state index contributed by atoms with van der Waals surface area (Å²) in [6.45, 7) is 16.8. The minimum atomic E-state index is -0.918. The molecule has 18 heteroatoms. The van der Waals surface area contributed by atoms with Crippen molar-refractivity contribution in [3.63, 3.8) is 0 Å². The summed E-state index contributed by atoms with van der Waals surface area (Å²) in [4.78, 5) is 74.0. The van der Waals surface area contributed by atoms with Crippen LogP contribution in [-0.2, 0) is 19.2 Å². The van der Waals surface area contributed by atoms with Crippen LogP contribution in [0.1, 0.15) is 126 Å². The van der Waals surface area contributed by atoms with Gasteiger partial charge in [-0.25, -0.2) is 15.0 Å². The number of nitrogens with one attached hydrogen (secondary N) is 3. The molecule has 4 amide bonds. The summed E-state index contributed by atoms with van der Waals surface area (Å²) in [5.74, 6) is 0.160. The normalized spacial score (nSPS) is 20.6. The third-order valence-electron chi connectivity index (χ3n) is 13.5. The molecule has 2 aliphatic heterocycles. The minimum absolute atomic E-state index is 0.0101. The van der Waals surface area contributed by atoms with Crippen LogP contribution in [0.25, 0.3) is 10.4 Å². The summed E-state index contributed by atoms with van der Waals surface area (Å²) in [5.41, 5.74) is 6.44. The molecule has 0 radical (unpaired) electrons. The molecule has 16 nitrogen and oxygen atoms in total. The molecule has 2 aromatic carbocycles. The summed E-state index contributed by atoms with van der Waals surface area (Å²) < 4.78 is 6.49. The second kappa shape index (κ2) is 22.7. The summed E-state index contributed by atoms with van der Waals surface area (Å²) in [7, 11) is 0. The van der Waals surface area contributed by atoms with E-state index in [0.717, 1.165) is 57.9 Å². The number of hydrogen-bond donors (Lipinski definition) is 5. The Morgan fingerprint density at radius 1 is 0.942 bits per heavy atom. The Bertz CT molecular complexity index is 2440. The summed E-state index contributed by atoms with van der Waals surface area (Å²) >= 11 is 7.80. The summed E-state index contributed by atoms with van der Waals surface area (Å²) in [6, 6.07) is 11.1. The minimum Gasteiger partial charge on any atom is -0.493 e. The van der Waals surface area contributed by atoms with Crippen molar-refractivity contribution in [3.05, 3.63) is 87.4 Å². The number of rotatable bonds is 18. The number of amides is 4. The first kappa shape index (κ1) is 51.6. The maximum Gasteiger partial charge on any atom is 0.246 e. The first-order valence-corrected chi connectivity index (χ1v) is 25.4. The van der Waals surface area contributed by atoms with Crippen LogP contribution in [0.3, 0.4) is 0 Å². The monoisotopic (exact) mass is 985 g/mol. The Morgan fingerprint density at radius 3 is 2.36 bits per heavy atom. The van der Waals surface area contributed by atoms with Gasteiger partial charge in [-0.3, -0.25) is 19.2 Å². The molecule has 0 spiro atoms. The Balaban J connectivity index is 0.934. The average molecular weight is 987 g/mol. The fourth-order valence-electron chi connectivity index (χ4n) is 9.76. The molecule has 2 fully saturated rings. The highest BCUT2D eigenvalue weighted by atomic mass is 35.5. The highest BCUT2D eigenvalue weighted by molar-refractivity contribution is 7.13. The van der Waals surface area contributed by atoms with Crippen LogP contribution in [0.15, 0.2) is 54.3 Å². The van der Waals surface area contributed by atoms with Gasteiger partial charge in [0.25, 0.3) is 0 Å². The first-order valence-electron chi connectivity index (χ1n) is 24.2. The number of carbonyl (C=O) groups is 4. The molecular weight excluding hydrogens is 918 g/mol. The zero-order chi connectivity index (χ0) is 49.6. The Labute approximate surface area is 414 Å². The SMILES string of the molecule is CC(=O)N[C@H](C(=O)N1C[C@H](O)C[C@H]1C(=O)N[C@@H](C)c1ccc(-c2scnc2C)cc1OCCCCCNC[C@@H](C(=O)N1CCN(c2ncnc3c2[C@H](C)C[C@H]3O)CC1)c1ccc(Cl)cc1)C(C)(C)C. The maximum absolute atomic E-state index is 14.2. The standard InChI is InChI=1S/C51H68ClN9O7S/c1-30-23-41(64)44-43(30)47(55-28-54-44)59-18-20-60(21-19-59)49(66)39(34-11-14-36(52)15-12-34)26-53-17-9-8-10-22-68-42-24-35(45-32(3)56-29-69-45)13-16-38(42)31(2)57-48(65)40-25-37(63)27-61(40)50(67)46(51(5,6)7)58-33(4)62/h11-16,24,28-31,37,39-41,46,53,63-64H,8-10,17-23,25-27H2,1-7H3,(H,57,65)(H,58,62)/t30-,31+,37-,39-,40+,41-,46-/m1/s1. The molecule has 0 saturated carbocycles. The van der Waals surface area contributed by atoms with Crippen molar-refractivity contribution >= 4 is 52.4 Å². The number of aryl methyl sites for hydroxylation is 1. The van der Waals surface area contributed by atoms with Gasteiger partial charge in [0.1, 0.15) is 30.0 Å². The molecule has 0 unspecified atom stereocenters. The number of aromatic nitrogens is 3. The fraction of sp³-hybridized carbons (Fsp3) is 0.549. The molecule has 1 aliphatic carbocycles. The zero-order valence-corrected chi connectivity index (χ0v) is 42.4. The van der Waals surface area contributed by atoms with Gasteiger partial charge in [-0.05, 0) is 86.7 Å². The van der Waals surface area contributed by atoms with E-state index in [-0.39, 0.29) is 30.7 Å². The predicted molar refractivity (Wildman–Crippen MR) is 267 cm³/mol. The van der Waals surface area contributed by atoms with E-state index < -0.39 is 53.5 Å². The van der Waals surface area contributed by atoms with Gasteiger partial charge < -0.3 is 45.6 Å². The van der Waals surface area contributed by atoms with E-state index >= 15 is 0 Å². The van der Waals surface area contributed by atoms with Crippen molar-refractivity contribution in [2.75, 3.05) is 57.3 Å². The number of β-amino-alcohol motifs (C(OH)–C–C–N with tert-alkyl or cyclic N) is 1. The lowest BCUT2D eigenvalue weighted by Crippen LogP contribution is -2.57. The number of aliphatic hydroxyl groups excluding tert-OH is 2. The van der Waals surface area contributed by atoms with Crippen molar-refractivity contribution in [1.29, 1.82) is 0 Å². The topological polar surface area (TPSA) is 202 Å². The van der Waals surface area contributed by atoms with E-state index in [1.807, 2.05) is 87.5 Å². The molecule has 69 heavy (non-hydrogen) atoms. The van der Waals surface area contributed by atoms with Gasteiger partial charge in [0.05, 0.1) is 52.6 Å². The molecule has 2 saturated heterocycles. The Hall–Kier alpha value is -5.20. The van der Waals surface area contributed by atoms with Crippen LogP contribution < -0.4 is 25.6 Å². The van der Waals surface area contributed by atoms with E-state index in [1.165, 1.54) is 18.2 Å². The quantitative estimate of drug-likeness (QED) is 0.0723. The number of aliphatic hydroxyl groups is 2. The lowest BCUT2D eigenvalue weighted by molar-refractivity contribution is -0.144. The summed E-state index contributed by atoms with van der Waals surface area (Å²) in [5, 5.41) is 31.2. The largest absolute Gasteiger partial charge is 0.493 e. The number of anilines is 1. The van der Waals surface area contributed by atoms with E-state index in [2.05, 4.69) is 42.7 Å². The molecule has 5 N–H and O–H groups in total. The van der Waals surface area contributed by atoms with Crippen LogP contribution in [0, 0.1) is 12.3 Å². The van der Waals surface area contributed by atoms with Crippen LogP contribution in [-0.4, -0.2) is 129 Å². The molecule has 4 aromatic rings. The van der Waals surface area contributed by atoms with Gasteiger partial charge in [-0.15, -0.1) is 11.3 Å². The number of hydrogen-bond acceptors (Lipinski definition) is 13. The smallest absolute Gasteiger partial charge is 0.246 e. The van der Waals surface area contributed by atoms with E-state index in [1.54, 1.807) is 11.3 Å². The maximum atomic E-state index is 14.2. The molecule has 7 rings (SSSR count). The number of carbonyl (C=O) groups excluding carboxylic acids is 4. The van der Waals surface area contributed by atoms with Crippen molar-refractivity contribution in [1.82, 2.24) is 40.7 Å². The molecule has 3 aliphatic rings. The number of halogens is 1. The van der Waals surface area contributed by atoms with Crippen molar-refractivity contribution in [2.45, 2.75) is 123 Å². The molecule has 372 valence electrons. The highest BCUT2D eigenvalue weighted by Gasteiger charge is 2.45. The van der Waals surface area contributed by atoms with Gasteiger partial charge in [-0.2, -0.15) is 0 Å². The van der Waals surface area contributed by atoms with Crippen LogP contribution >= 0.6 is 22.9 Å². The van der Waals surface area contributed by atoms with Gasteiger partial charge in [-0.1, -0.05) is 63.6 Å². The highest BCUT2D eigenvalue weighted by Crippen LogP contribution is 2.43. The summed E-state index contributed by atoms with van der Waals surface area (Å²) in [6.07, 6.45) is 3.29. The zero-order valence-electron chi connectivity index (χ0n) is 40.8. The van der Waals surface area contributed by atoms with Crippen LogP contribution in [0.2, 0.25) is 5.02 Å². The van der Waals surface area contributed by atoms with E-state index in [9.17, 15) is 29.4 Å². The number of nitrogens with zero attached hydrogens (tertiary/aromatic N) is 6. The second-order valence-corrected chi connectivity index (χ2v) is 21.1. The van der Waals surface area contributed by atoms with Gasteiger partial charge in [0, 0.05) is 68.8 Å². The second-order valence-electron chi connectivity index (χ2n) is 19.8. The number of ether oxygens (including phenoxy) is 1. The van der Waals surface area contributed by atoms with Crippen LogP contribution in [0.4, 0.5) is 5.82 Å². The predicted octanol–water partition coefficient (Wildman–Crippen LogP) is 6.06. The number of unbranched alkanes of at least 4 members (excludes halogenated alkanes) is 2. The van der Waals surface area contributed by atoms with E-state index in [0.29, 0.717) is 68.8 Å². The molecule has 2 aromatic heterocycles. The average Bonchev–Trinajstić information content (AvgIpc) is 4.02. The number of likely N-dealkylation sites (tertiary alicyclic amines) is 1. The Kier molecular flexibility index (Phi) is 17.0. The third kappa shape index (κ3) is 12.4. The number of benzene rings is 2. The van der Waals surface area contributed by atoms with E-state index in [4.69, 9.17) is 16.3 Å². The van der Waals surface area contributed by atoms with Crippen molar-refractivity contribution in [3.8, 4) is 16.2 Å². The molecule has 0 bridgehead atoms. The number of thiazole rings is 1. The molecule has 7 atom stereocenters. The fourth-order valence-corrected chi connectivity index (χ4v) is 10.7. The van der Waals surface area contributed by atoms with Crippen molar-refractivity contribution in [2.24, 2.45) is 5.41 Å². The first-order chi connectivity index (χ1) is 32.9. The Morgan fingerprint density at radius 2 is 1.68 bits per heavy atom. The lowest BCUT2D eigenvalue weighted by Gasteiger charge is -2.38. The van der Waals surface area contributed by atoms with Gasteiger partial charge in [0.2, 0.25) is 23.6 Å². The number of fused-ring (bicyclic) bond motifs is 1. The third-order valence-corrected chi connectivity index (χ3v) is 14.7.